The molecule has 17 heteroatoms. The number of hydrogen-bond donors (Lipinski definition) is 3. The van der Waals surface area contributed by atoms with Crippen LogP contribution in [0.15, 0.2) is 67.5 Å². The van der Waals surface area contributed by atoms with Gasteiger partial charge in [0.1, 0.15) is 5.69 Å². The zero-order chi connectivity index (χ0) is 31.7. The number of nitrogens with zero attached hydrogens (tertiary/aromatic N) is 5. The average Bonchev–Trinajstić information content (AvgIpc) is 3.32. The lowest BCUT2D eigenvalue weighted by Crippen LogP contribution is -2.21. The number of hydrogen-bond acceptors (Lipinski definition) is 7. The summed E-state index contributed by atoms with van der Waals surface area (Å²) in [4.78, 5) is 47.5. The molecule has 0 spiro atoms. The van der Waals surface area contributed by atoms with E-state index in [1.54, 1.807) is 35.6 Å². The predicted molar refractivity (Wildman–Crippen MR) is 134 cm³/mol. The molecule has 0 radical (unpaired) electrons. The number of carbonyl (C=O) groups is 3. The third kappa shape index (κ3) is 10.00. The highest BCUT2D eigenvalue weighted by Gasteiger charge is 2.38. The van der Waals surface area contributed by atoms with Gasteiger partial charge in [0.05, 0.1) is 11.9 Å². The first-order valence-electron chi connectivity index (χ1n) is 11.2. The Kier molecular flexibility index (Phi) is 10.8. The van der Waals surface area contributed by atoms with Crippen molar-refractivity contribution in [2.45, 2.75) is 19.3 Å². The molecule has 4 aromatic heterocycles. The summed E-state index contributed by atoms with van der Waals surface area (Å²) in [6, 6.07) is 9.26. The molecule has 0 saturated heterocycles. The summed E-state index contributed by atoms with van der Waals surface area (Å²) in [5.41, 5.74) is 4.64. The Morgan fingerprint density at radius 3 is 1.83 bits per heavy atom. The molecule has 11 nitrogen and oxygen atoms in total. The Balaban J connectivity index is 0.000000367. The summed E-state index contributed by atoms with van der Waals surface area (Å²) >= 11 is 0. The number of anilines is 1. The largest absolute Gasteiger partial charge is 0.490 e. The summed E-state index contributed by atoms with van der Waals surface area (Å²) in [6.45, 7) is 1.90. The molecule has 0 fully saturated rings. The van der Waals surface area contributed by atoms with E-state index in [1.807, 2.05) is 50.5 Å². The predicted octanol–water partition coefficient (Wildman–Crippen LogP) is 4.77. The molecule has 0 saturated carbocycles. The summed E-state index contributed by atoms with van der Waals surface area (Å²) in [5.74, 6) is -5.11. The highest BCUT2D eigenvalue weighted by Crippen LogP contribution is 2.23. The fourth-order valence-corrected chi connectivity index (χ4v) is 2.81. The third-order valence-corrected chi connectivity index (χ3v) is 4.80. The van der Waals surface area contributed by atoms with E-state index in [0.717, 1.165) is 22.4 Å². The first kappa shape index (κ1) is 32.9. The van der Waals surface area contributed by atoms with Crippen molar-refractivity contribution in [2.24, 2.45) is 7.05 Å². The first-order valence-corrected chi connectivity index (χ1v) is 11.2. The van der Waals surface area contributed by atoms with Gasteiger partial charge in [-0.3, -0.25) is 14.8 Å². The van der Waals surface area contributed by atoms with Gasteiger partial charge >= 0.3 is 24.3 Å². The van der Waals surface area contributed by atoms with Gasteiger partial charge in [-0.25, -0.2) is 19.6 Å². The van der Waals surface area contributed by atoms with E-state index >= 15 is 0 Å². The Hall–Kier alpha value is -5.35. The molecule has 0 bridgehead atoms. The van der Waals surface area contributed by atoms with Gasteiger partial charge in [0, 0.05) is 60.4 Å². The molecular formula is C25H20F6N6O5. The van der Waals surface area contributed by atoms with Crippen molar-refractivity contribution in [2.75, 3.05) is 5.32 Å². The number of rotatable bonds is 4. The van der Waals surface area contributed by atoms with E-state index in [0.29, 0.717) is 17.2 Å². The molecule has 0 aliphatic rings. The average molecular weight is 598 g/mol. The molecule has 0 aromatic carbocycles. The van der Waals surface area contributed by atoms with Crippen molar-refractivity contribution in [3.05, 3.63) is 78.9 Å². The molecule has 4 aromatic rings. The van der Waals surface area contributed by atoms with Crippen LogP contribution in [0.25, 0.3) is 22.5 Å². The topological polar surface area (TPSA) is 160 Å². The van der Waals surface area contributed by atoms with Crippen molar-refractivity contribution in [1.29, 1.82) is 0 Å². The van der Waals surface area contributed by atoms with E-state index in [4.69, 9.17) is 19.8 Å². The van der Waals surface area contributed by atoms with Gasteiger partial charge in [0.2, 0.25) is 0 Å². The molecule has 1 amide bonds. The molecule has 4 rings (SSSR count). The Morgan fingerprint density at radius 1 is 0.810 bits per heavy atom. The van der Waals surface area contributed by atoms with E-state index in [-0.39, 0.29) is 5.91 Å². The normalized spacial score (nSPS) is 10.9. The summed E-state index contributed by atoms with van der Waals surface area (Å²) < 4.78 is 65.3. The van der Waals surface area contributed by atoms with Gasteiger partial charge in [-0.05, 0) is 37.3 Å². The minimum absolute atomic E-state index is 0.202. The molecule has 4 heterocycles. The lowest BCUT2D eigenvalue weighted by molar-refractivity contribution is -0.193. The first-order chi connectivity index (χ1) is 19.5. The van der Waals surface area contributed by atoms with Crippen LogP contribution in [0.5, 0.6) is 0 Å². The number of alkyl halides is 6. The Labute approximate surface area is 232 Å². The molecule has 0 unspecified atom stereocenters. The smallest absolute Gasteiger partial charge is 0.475 e. The standard InChI is InChI=1S/C21H18N6O.2C2HF3O2/c1-14-5-6-18(12-23-14)26-21(28)19-8-16(13-27(19)2)17-10-24-20(25-11-17)15-4-3-7-22-9-15;2*3-2(4,5)1(6)7/h3-13H,1-2H3,(H,26,28);2*(H,6,7). The van der Waals surface area contributed by atoms with Crippen LogP contribution in [-0.4, -0.2) is 64.9 Å². The van der Waals surface area contributed by atoms with Gasteiger partial charge in [0.25, 0.3) is 5.91 Å². The van der Waals surface area contributed by atoms with E-state index in [9.17, 15) is 31.1 Å². The third-order valence-electron chi connectivity index (χ3n) is 4.80. The number of nitrogens with one attached hydrogen (secondary N) is 1. The van der Waals surface area contributed by atoms with Crippen LogP contribution in [0.1, 0.15) is 16.2 Å². The SMILES string of the molecule is Cc1ccc(NC(=O)c2cc(-c3cnc(-c4cccnc4)nc3)cn2C)cn1.O=C(O)C(F)(F)F.O=C(O)C(F)(F)F. The molecule has 3 N–H and O–H groups in total. The molecule has 222 valence electrons. The van der Waals surface area contributed by atoms with E-state index in [1.165, 1.54) is 0 Å². The zero-order valence-corrected chi connectivity index (χ0v) is 21.5. The molecule has 0 aliphatic heterocycles. The maximum absolute atomic E-state index is 12.6. The number of pyridine rings is 2. The number of aliphatic carboxylic acids is 2. The summed E-state index contributed by atoms with van der Waals surface area (Å²) in [5, 5.41) is 17.1. The second-order valence-electron chi connectivity index (χ2n) is 8.01. The molecular weight excluding hydrogens is 578 g/mol. The van der Waals surface area contributed by atoms with Crippen LogP contribution in [0.2, 0.25) is 0 Å². The number of carbonyl (C=O) groups excluding carboxylic acids is 1. The minimum Gasteiger partial charge on any atom is -0.475 e. The molecule has 42 heavy (non-hydrogen) atoms. The second kappa shape index (κ2) is 13.8. The zero-order valence-electron chi connectivity index (χ0n) is 21.5. The van der Waals surface area contributed by atoms with Crippen molar-refractivity contribution < 1.29 is 50.9 Å². The van der Waals surface area contributed by atoms with E-state index < -0.39 is 24.3 Å². The highest BCUT2D eigenvalue weighted by molar-refractivity contribution is 6.04. The van der Waals surface area contributed by atoms with Gasteiger partial charge in [-0.2, -0.15) is 26.3 Å². The quantitative estimate of drug-likeness (QED) is 0.281. The van der Waals surface area contributed by atoms with Crippen LogP contribution in [-0.2, 0) is 16.6 Å². The van der Waals surface area contributed by atoms with Gasteiger partial charge in [-0.15, -0.1) is 0 Å². The maximum atomic E-state index is 12.6. The monoisotopic (exact) mass is 598 g/mol. The lowest BCUT2D eigenvalue weighted by Gasteiger charge is -2.05. The van der Waals surface area contributed by atoms with Crippen LogP contribution in [0.3, 0.4) is 0 Å². The number of aromatic nitrogens is 5. The van der Waals surface area contributed by atoms with Gasteiger partial charge in [-0.1, -0.05) is 0 Å². The number of carboxylic acid groups (broad SMARTS) is 2. The summed E-state index contributed by atoms with van der Waals surface area (Å²) in [6.07, 6.45) is 0.278. The van der Waals surface area contributed by atoms with E-state index in [2.05, 4.69) is 25.3 Å². The maximum Gasteiger partial charge on any atom is 0.490 e. The highest BCUT2D eigenvalue weighted by atomic mass is 19.4. The minimum atomic E-state index is -5.08. The van der Waals surface area contributed by atoms with Crippen LogP contribution < -0.4 is 5.32 Å². The fraction of sp³-hybridized carbons (Fsp3) is 0.160. The number of amides is 1. The number of aryl methyl sites for hydroxylation is 2. The second-order valence-corrected chi connectivity index (χ2v) is 8.01. The van der Waals surface area contributed by atoms with Crippen molar-refractivity contribution >= 4 is 23.5 Å². The summed E-state index contributed by atoms with van der Waals surface area (Å²) in [7, 11) is 1.83. The van der Waals surface area contributed by atoms with Crippen molar-refractivity contribution in [1.82, 2.24) is 24.5 Å². The van der Waals surface area contributed by atoms with Crippen LogP contribution in [0, 0.1) is 6.92 Å². The fourth-order valence-electron chi connectivity index (χ4n) is 2.81. The van der Waals surface area contributed by atoms with Crippen molar-refractivity contribution in [3.8, 4) is 22.5 Å². The molecule has 0 atom stereocenters. The van der Waals surface area contributed by atoms with Crippen LogP contribution in [0.4, 0.5) is 32.0 Å². The Bertz CT molecular complexity index is 1480. The number of halogens is 6. The number of carboxylic acids is 2. The Morgan fingerprint density at radius 2 is 1.38 bits per heavy atom. The lowest BCUT2D eigenvalue weighted by atomic mass is 10.1. The van der Waals surface area contributed by atoms with Crippen molar-refractivity contribution in [3.63, 3.8) is 0 Å². The van der Waals surface area contributed by atoms with Gasteiger partial charge in [0.15, 0.2) is 5.82 Å². The van der Waals surface area contributed by atoms with Gasteiger partial charge < -0.3 is 20.1 Å². The molecule has 0 aliphatic carbocycles. The van der Waals surface area contributed by atoms with Crippen LogP contribution >= 0.6 is 0 Å².